The Balaban J connectivity index is 1.73. The molecule has 3 nitrogen and oxygen atoms in total. The Kier molecular flexibility index (Phi) is 4.14. The van der Waals surface area contributed by atoms with E-state index in [1.54, 1.807) is 11.3 Å². The number of rotatable bonds is 4. The Labute approximate surface area is 94.4 Å². The summed E-state index contributed by atoms with van der Waals surface area (Å²) in [4.78, 5) is 1.38. The van der Waals surface area contributed by atoms with Gasteiger partial charge in [0.1, 0.15) is 6.79 Å². The van der Waals surface area contributed by atoms with Crippen molar-refractivity contribution in [2.45, 2.75) is 25.5 Å². The van der Waals surface area contributed by atoms with Gasteiger partial charge in [0.15, 0.2) is 0 Å². The molecule has 0 radical (unpaired) electrons. The van der Waals surface area contributed by atoms with Gasteiger partial charge in [-0.15, -0.1) is 11.3 Å². The number of nitrogens with one attached hydrogen (secondary N) is 1. The minimum Gasteiger partial charge on any atom is -0.355 e. The largest absolute Gasteiger partial charge is 0.355 e. The second kappa shape index (κ2) is 5.61. The third-order valence-electron chi connectivity index (χ3n) is 2.59. The molecule has 1 aromatic heterocycles. The molecule has 1 fully saturated rings. The van der Waals surface area contributed by atoms with Crippen molar-refractivity contribution >= 4 is 11.3 Å². The quantitative estimate of drug-likeness (QED) is 0.855. The fraction of sp³-hybridized carbons (Fsp3) is 0.636. The lowest BCUT2D eigenvalue weighted by Crippen LogP contribution is -2.35. The summed E-state index contributed by atoms with van der Waals surface area (Å²) in [5.41, 5.74) is 0. The normalized spacial score (nSPS) is 23.9. The maximum absolute atomic E-state index is 5.46. The van der Waals surface area contributed by atoms with Crippen LogP contribution < -0.4 is 5.32 Å². The molecular weight excluding hydrogens is 210 g/mol. The Hall–Kier alpha value is -0.420. The van der Waals surface area contributed by atoms with E-state index in [9.17, 15) is 0 Å². The Morgan fingerprint density at radius 2 is 2.60 bits per heavy atom. The van der Waals surface area contributed by atoms with Crippen molar-refractivity contribution in [2.75, 3.05) is 19.9 Å². The van der Waals surface area contributed by atoms with Crippen LogP contribution in [-0.2, 0) is 9.47 Å². The van der Waals surface area contributed by atoms with Crippen LogP contribution in [0.2, 0.25) is 0 Å². The Morgan fingerprint density at radius 3 is 3.27 bits per heavy atom. The Bertz CT molecular complexity index is 270. The highest BCUT2D eigenvalue weighted by atomic mass is 32.1. The maximum atomic E-state index is 5.46. The molecule has 0 saturated carbocycles. The molecule has 1 saturated heterocycles. The van der Waals surface area contributed by atoms with E-state index in [1.807, 2.05) is 0 Å². The van der Waals surface area contributed by atoms with Crippen molar-refractivity contribution in [3.05, 3.63) is 22.4 Å². The van der Waals surface area contributed by atoms with E-state index >= 15 is 0 Å². The van der Waals surface area contributed by atoms with Gasteiger partial charge in [0.2, 0.25) is 0 Å². The summed E-state index contributed by atoms with van der Waals surface area (Å²) in [6, 6.07) is 4.66. The molecule has 15 heavy (non-hydrogen) atoms. The highest BCUT2D eigenvalue weighted by Gasteiger charge is 2.15. The summed E-state index contributed by atoms with van der Waals surface area (Å²) in [7, 11) is 0. The highest BCUT2D eigenvalue weighted by Crippen LogP contribution is 2.18. The molecule has 0 amide bonds. The van der Waals surface area contributed by atoms with Crippen molar-refractivity contribution in [1.82, 2.24) is 5.32 Å². The lowest BCUT2D eigenvalue weighted by Gasteiger charge is -2.24. The summed E-state index contributed by atoms with van der Waals surface area (Å²) in [6.45, 7) is 4.35. The summed E-state index contributed by atoms with van der Waals surface area (Å²) < 4.78 is 10.6. The molecule has 1 aromatic rings. The van der Waals surface area contributed by atoms with E-state index in [2.05, 4.69) is 29.8 Å². The van der Waals surface area contributed by atoms with Crippen LogP contribution in [0.3, 0.4) is 0 Å². The molecular formula is C11H17NO2S. The van der Waals surface area contributed by atoms with Crippen molar-refractivity contribution in [1.29, 1.82) is 0 Å². The molecule has 0 bridgehead atoms. The first-order valence-corrected chi connectivity index (χ1v) is 6.20. The predicted molar refractivity (Wildman–Crippen MR) is 61.0 cm³/mol. The first-order chi connectivity index (χ1) is 7.36. The van der Waals surface area contributed by atoms with Gasteiger partial charge in [-0.3, -0.25) is 0 Å². The van der Waals surface area contributed by atoms with E-state index in [1.165, 1.54) is 4.88 Å². The van der Waals surface area contributed by atoms with Crippen molar-refractivity contribution in [3.63, 3.8) is 0 Å². The molecule has 0 aromatic carbocycles. The molecule has 2 atom stereocenters. The average molecular weight is 227 g/mol. The van der Waals surface area contributed by atoms with E-state index in [4.69, 9.17) is 9.47 Å². The van der Waals surface area contributed by atoms with E-state index in [0.29, 0.717) is 18.9 Å². The van der Waals surface area contributed by atoms with Crippen LogP contribution in [0.25, 0.3) is 0 Å². The van der Waals surface area contributed by atoms with Gasteiger partial charge < -0.3 is 14.8 Å². The molecule has 4 heteroatoms. The highest BCUT2D eigenvalue weighted by molar-refractivity contribution is 7.10. The molecule has 0 spiro atoms. The molecule has 2 rings (SSSR count). The minimum atomic E-state index is 0.307. The SMILES string of the molecule is C[C@H](NCC1CCOCO1)c1cccs1. The average Bonchev–Trinajstić information content (AvgIpc) is 2.81. The lowest BCUT2D eigenvalue weighted by atomic mass is 10.2. The molecule has 1 aliphatic heterocycles. The second-order valence-electron chi connectivity index (χ2n) is 3.75. The molecule has 1 aliphatic rings. The summed E-state index contributed by atoms with van der Waals surface area (Å²) in [6.07, 6.45) is 1.30. The fourth-order valence-corrected chi connectivity index (χ4v) is 2.37. The number of ether oxygens (including phenoxy) is 2. The smallest absolute Gasteiger partial charge is 0.147 e. The number of hydrogen-bond acceptors (Lipinski definition) is 4. The topological polar surface area (TPSA) is 30.5 Å². The van der Waals surface area contributed by atoms with Crippen LogP contribution in [0.5, 0.6) is 0 Å². The molecule has 0 aliphatic carbocycles. The van der Waals surface area contributed by atoms with E-state index < -0.39 is 0 Å². The first-order valence-electron chi connectivity index (χ1n) is 5.32. The van der Waals surface area contributed by atoms with Gasteiger partial charge in [-0.05, 0) is 24.8 Å². The third-order valence-corrected chi connectivity index (χ3v) is 3.65. The lowest BCUT2D eigenvalue weighted by molar-refractivity contribution is -0.137. The van der Waals surface area contributed by atoms with Crippen LogP contribution in [0.4, 0.5) is 0 Å². The standard InChI is InChI=1S/C11H17NO2S/c1-9(11-3-2-6-15-11)12-7-10-4-5-13-8-14-10/h2-3,6,9-10,12H,4-5,7-8H2,1H3/t9-,10?/m0/s1. The number of hydrogen-bond donors (Lipinski definition) is 1. The van der Waals surface area contributed by atoms with Gasteiger partial charge in [-0.2, -0.15) is 0 Å². The van der Waals surface area contributed by atoms with Crippen molar-refractivity contribution < 1.29 is 9.47 Å². The predicted octanol–water partition coefficient (Wildman–Crippen LogP) is 2.16. The van der Waals surface area contributed by atoms with Gasteiger partial charge >= 0.3 is 0 Å². The van der Waals surface area contributed by atoms with Gasteiger partial charge in [0, 0.05) is 17.5 Å². The molecule has 1 N–H and O–H groups in total. The molecule has 84 valence electrons. The first kappa shape index (κ1) is 11.1. The zero-order chi connectivity index (χ0) is 10.5. The Morgan fingerprint density at radius 1 is 1.67 bits per heavy atom. The monoisotopic (exact) mass is 227 g/mol. The molecule has 2 heterocycles. The van der Waals surface area contributed by atoms with Crippen LogP contribution in [0, 0.1) is 0 Å². The van der Waals surface area contributed by atoms with Gasteiger partial charge in [0.25, 0.3) is 0 Å². The van der Waals surface area contributed by atoms with Gasteiger partial charge in [0.05, 0.1) is 12.7 Å². The fourth-order valence-electron chi connectivity index (χ4n) is 1.61. The van der Waals surface area contributed by atoms with Crippen LogP contribution in [0.1, 0.15) is 24.3 Å². The summed E-state index contributed by atoms with van der Waals surface area (Å²) >= 11 is 1.79. The van der Waals surface area contributed by atoms with Crippen molar-refractivity contribution in [3.8, 4) is 0 Å². The molecule has 1 unspecified atom stereocenters. The zero-order valence-electron chi connectivity index (χ0n) is 8.94. The van der Waals surface area contributed by atoms with E-state index in [0.717, 1.165) is 19.6 Å². The van der Waals surface area contributed by atoms with Crippen LogP contribution >= 0.6 is 11.3 Å². The second-order valence-corrected chi connectivity index (χ2v) is 4.73. The van der Waals surface area contributed by atoms with Crippen molar-refractivity contribution in [2.24, 2.45) is 0 Å². The number of thiophene rings is 1. The minimum absolute atomic E-state index is 0.307. The summed E-state index contributed by atoms with van der Waals surface area (Å²) in [5.74, 6) is 0. The van der Waals surface area contributed by atoms with Gasteiger partial charge in [-0.1, -0.05) is 6.07 Å². The summed E-state index contributed by atoms with van der Waals surface area (Å²) in [5, 5.41) is 5.59. The van der Waals surface area contributed by atoms with Gasteiger partial charge in [-0.25, -0.2) is 0 Å². The van der Waals surface area contributed by atoms with Crippen LogP contribution in [-0.4, -0.2) is 26.0 Å². The third kappa shape index (κ3) is 3.28. The van der Waals surface area contributed by atoms with E-state index in [-0.39, 0.29) is 0 Å². The maximum Gasteiger partial charge on any atom is 0.147 e. The zero-order valence-corrected chi connectivity index (χ0v) is 9.76. The van der Waals surface area contributed by atoms with Crippen LogP contribution in [0.15, 0.2) is 17.5 Å².